The molecular formula is C8H20NO2+. The molecule has 3 nitrogen and oxygen atoms in total. The highest BCUT2D eigenvalue weighted by Crippen LogP contribution is 2.09. The van der Waals surface area contributed by atoms with Crippen molar-refractivity contribution in [3.8, 4) is 0 Å². The quantitative estimate of drug-likeness (QED) is 0.563. The monoisotopic (exact) mass is 162 g/mol. The Kier molecular flexibility index (Phi) is 4.00. The number of aliphatic hydroxyl groups excluding tert-OH is 2. The second-order valence-corrected chi connectivity index (χ2v) is 3.94. The van der Waals surface area contributed by atoms with E-state index in [9.17, 15) is 5.11 Å². The molecular weight excluding hydrogens is 142 g/mol. The van der Waals surface area contributed by atoms with Crippen LogP contribution in [0.25, 0.3) is 0 Å². The van der Waals surface area contributed by atoms with Crippen molar-refractivity contribution in [3.63, 3.8) is 0 Å². The van der Waals surface area contributed by atoms with Crippen LogP contribution in [0.5, 0.6) is 0 Å². The summed E-state index contributed by atoms with van der Waals surface area (Å²) in [6, 6.07) is 0.169. The van der Waals surface area contributed by atoms with Gasteiger partial charge in [-0.05, 0) is 6.92 Å². The summed E-state index contributed by atoms with van der Waals surface area (Å²) in [5, 5.41) is 18.1. The summed E-state index contributed by atoms with van der Waals surface area (Å²) in [6.07, 6.45) is 0.0662. The first kappa shape index (κ1) is 10.9. The third-order valence-corrected chi connectivity index (χ3v) is 2.20. The van der Waals surface area contributed by atoms with Crippen molar-refractivity contribution >= 4 is 0 Å². The summed E-state index contributed by atoms with van der Waals surface area (Å²) in [6.45, 7) is 2.05. The minimum atomic E-state index is -0.403. The average Bonchev–Trinajstić information content (AvgIpc) is 1.85. The standard InChI is InChI=1S/C8H20NO2/c1-7(9(2,3)4)8(11)5-6-10/h7-8,10-11H,5-6H2,1-4H3/q+1. The molecule has 0 radical (unpaired) electrons. The van der Waals surface area contributed by atoms with Crippen LogP contribution in [0.4, 0.5) is 0 Å². The predicted molar refractivity (Wildman–Crippen MR) is 45.2 cm³/mol. The second-order valence-electron chi connectivity index (χ2n) is 3.94. The van der Waals surface area contributed by atoms with Gasteiger partial charge in [0.2, 0.25) is 0 Å². The van der Waals surface area contributed by atoms with Gasteiger partial charge in [-0.15, -0.1) is 0 Å². The van der Waals surface area contributed by atoms with Crippen LogP contribution in [0.15, 0.2) is 0 Å². The van der Waals surface area contributed by atoms with Gasteiger partial charge in [-0.3, -0.25) is 0 Å². The number of hydrogen-bond donors (Lipinski definition) is 2. The first-order chi connectivity index (χ1) is 4.89. The van der Waals surface area contributed by atoms with E-state index >= 15 is 0 Å². The molecule has 0 aliphatic heterocycles. The van der Waals surface area contributed by atoms with E-state index in [-0.39, 0.29) is 12.6 Å². The van der Waals surface area contributed by atoms with Crippen LogP contribution in [0.2, 0.25) is 0 Å². The molecule has 0 aliphatic carbocycles. The molecule has 0 aliphatic rings. The summed E-state index contributed by atoms with van der Waals surface area (Å²) in [5.74, 6) is 0. The van der Waals surface area contributed by atoms with Gasteiger partial charge in [0.25, 0.3) is 0 Å². The lowest BCUT2D eigenvalue weighted by molar-refractivity contribution is -0.897. The number of rotatable bonds is 4. The zero-order chi connectivity index (χ0) is 9.07. The van der Waals surface area contributed by atoms with Crippen LogP contribution in [0.3, 0.4) is 0 Å². The van der Waals surface area contributed by atoms with Gasteiger partial charge in [0.1, 0.15) is 12.1 Å². The largest absolute Gasteiger partial charge is 0.396 e. The smallest absolute Gasteiger partial charge is 0.112 e. The molecule has 0 saturated carbocycles. The Balaban J connectivity index is 3.91. The van der Waals surface area contributed by atoms with Gasteiger partial charge < -0.3 is 14.7 Å². The topological polar surface area (TPSA) is 40.5 Å². The lowest BCUT2D eigenvalue weighted by Gasteiger charge is -2.34. The van der Waals surface area contributed by atoms with Gasteiger partial charge in [0.05, 0.1) is 21.1 Å². The fourth-order valence-corrected chi connectivity index (χ4v) is 0.890. The molecule has 0 saturated heterocycles. The van der Waals surface area contributed by atoms with Gasteiger partial charge in [0, 0.05) is 13.0 Å². The zero-order valence-corrected chi connectivity index (χ0v) is 7.91. The molecule has 11 heavy (non-hydrogen) atoms. The maximum atomic E-state index is 9.48. The first-order valence-electron chi connectivity index (χ1n) is 3.99. The van der Waals surface area contributed by atoms with Crippen LogP contribution in [0.1, 0.15) is 13.3 Å². The van der Waals surface area contributed by atoms with Crippen molar-refractivity contribution in [1.82, 2.24) is 0 Å². The molecule has 0 aromatic heterocycles. The minimum Gasteiger partial charge on any atom is -0.396 e. The van der Waals surface area contributed by atoms with Crippen molar-refractivity contribution < 1.29 is 14.7 Å². The lowest BCUT2D eigenvalue weighted by atomic mass is 10.1. The Labute approximate surface area is 68.9 Å². The maximum absolute atomic E-state index is 9.48. The maximum Gasteiger partial charge on any atom is 0.112 e. The number of quaternary nitrogens is 1. The fourth-order valence-electron chi connectivity index (χ4n) is 0.890. The van der Waals surface area contributed by atoms with E-state index in [4.69, 9.17) is 5.11 Å². The Morgan fingerprint density at radius 1 is 1.27 bits per heavy atom. The number of hydrogen-bond acceptors (Lipinski definition) is 2. The van der Waals surface area contributed by atoms with Crippen molar-refractivity contribution in [3.05, 3.63) is 0 Å². The molecule has 0 bridgehead atoms. The fraction of sp³-hybridized carbons (Fsp3) is 1.00. The van der Waals surface area contributed by atoms with Crippen molar-refractivity contribution in [1.29, 1.82) is 0 Å². The van der Waals surface area contributed by atoms with Crippen LogP contribution < -0.4 is 0 Å². The van der Waals surface area contributed by atoms with Crippen LogP contribution in [-0.4, -0.2) is 54.6 Å². The molecule has 0 amide bonds. The van der Waals surface area contributed by atoms with Gasteiger partial charge in [0.15, 0.2) is 0 Å². The molecule has 2 N–H and O–H groups in total. The van der Waals surface area contributed by atoms with Crippen LogP contribution in [0, 0.1) is 0 Å². The van der Waals surface area contributed by atoms with Gasteiger partial charge >= 0.3 is 0 Å². The lowest BCUT2D eigenvalue weighted by Crippen LogP contribution is -2.50. The number of aliphatic hydroxyl groups is 2. The zero-order valence-electron chi connectivity index (χ0n) is 7.91. The van der Waals surface area contributed by atoms with E-state index in [0.717, 1.165) is 4.48 Å². The minimum absolute atomic E-state index is 0.0610. The molecule has 0 aromatic carbocycles. The molecule has 3 heteroatoms. The summed E-state index contributed by atoms with van der Waals surface area (Å²) in [5.41, 5.74) is 0. The van der Waals surface area contributed by atoms with Gasteiger partial charge in [-0.2, -0.15) is 0 Å². The molecule has 2 atom stereocenters. The van der Waals surface area contributed by atoms with E-state index in [1.165, 1.54) is 0 Å². The Morgan fingerprint density at radius 2 is 1.73 bits per heavy atom. The number of likely N-dealkylation sites (N-methyl/N-ethyl adjacent to an activating group) is 1. The van der Waals surface area contributed by atoms with Crippen LogP contribution in [-0.2, 0) is 0 Å². The predicted octanol–water partition coefficient (Wildman–Crippen LogP) is -0.176. The van der Waals surface area contributed by atoms with E-state index < -0.39 is 6.10 Å². The summed E-state index contributed by atoms with van der Waals surface area (Å²) < 4.78 is 0.723. The van der Waals surface area contributed by atoms with E-state index in [0.29, 0.717) is 6.42 Å². The molecule has 0 rings (SSSR count). The highest BCUT2D eigenvalue weighted by molar-refractivity contribution is 4.62. The Hall–Kier alpha value is -0.120. The van der Waals surface area contributed by atoms with E-state index in [2.05, 4.69) is 0 Å². The SMILES string of the molecule is CC(C(O)CCO)[N+](C)(C)C. The van der Waals surface area contributed by atoms with E-state index in [1.807, 2.05) is 28.1 Å². The molecule has 0 aromatic rings. The highest BCUT2D eigenvalue weighted by Gasteiger charge is 2.25. The molecule has 0 fully saturated rings. The summed E-state index contributed by atoms with van der Waals surface area (Å²) in [4.78, 5) is 0. The Morgan fingerprint density at radius 3 is 2.00 bits per heavy atom. The summed E-state index contributed by atoms with van der Waals surface area (Å²) in [7, 11) is 6.10. The Bertz CT molecular complexity index is 109. The molecule has 68 valence electrons. The molecule has 0 heterocycles. The van der Waals surface area contributed by atoms with Gasteiger partial charge in [-0.1, -0.05) is 0 Å². The average molecular weight is 162 g/mol. The third-order valence-electron chi connectivity index (χ3n) is 2.20. The second kappa shape index (κ2) is 4.04. The van der Waals surface area contributed by atoms with Crippen LogP contribution >= 0.6 is 0 Å². The summed E-state index contributed by atoms with van der Waals surface area (Å²) >= 11 is 0. The van der Waals surface area contributed by atoms with Crippen molar-refractivity contribution in [2.24, 2.45) is 0 Å². The highest BCUT2D eigenvalue weighted by atomic mass is 16.3. The normalized spacial score (nSPS) is 18.0. The number of nitrogens with zero attached hydrogens (tertiary/aromatic N) is 1. The van der Waals surface area contributed by atoms with Crippen molar-refractivity contribution in [2.45, 2.75) is 25.5 Å². The molecule has 2 unspecified atom stereocenters. The first-order valence-corrected chi connectivity index (χ1v) is 3.99. The van der Waals surface area contributed by atoms with E-state index in [1.54, 1.807) is 0 Å². The third kappa shape index (κ3) is 3.70. The molecule has 0 spiro atoms. The van der Waals surface area contributed by atoms with Gasteiger partial charge in [-0.25, -0.2) is 0 Å². The van der Waals surface area contributed by atoms with Crippen molar-refractivity contribution in [2.75, 3.05) is 27.7 Å².